The number of hydrogen-bond acceptors (Lipinski definition) is 4. The summed E-state index contributed by atoms with van der Waals surface area (Å²) in [5, 5.41) is 3.28. The molecule has 8 heteroatoms. The highest BCUT2D eigenvalue weighted by Crippen LogP contribution is 2.31. The van der Waals surface area contributed by atoms with E-state index in [1.54, 1.807) is 6.07 Å². The molecule has 24 heavy (non-hydrogen) atoms. The fourth-order valence-corrected chi connectivity index (χ4v) is 2.52. The van der Waals surface area contributed by atoms with Gasteiger partial charge in [0.25, 0.3) is 0 Å². The van der Waals surface area contributed by atoms with E-state index in [0.29, 0.717) is 5.69 Å². The second kappa shape index (κ2) is 10.1. The van der Waals surface area contributed by atoms with Crippen LogP contribution in [0, 0.1) is 0 Å². The summed E-state index contributed by atoms with van der Waals surface area (Å²) in [5.74, 6) is 0. The first-order valence-electron chi connectivity index (χ1n) is 7.93. The fourth-order valence-electron chi connectivity index (χ4n) is 2.52. The highest BCUT2D eigenvalue weighted by Gasteiger charge is 2.31. The van der Waals surface area contributed by atoms with E-state index in [0.717, 1.165) is 51.9 Å². The highest BCUT2D eigenvalue weighted by atomic mass is 19.4. The summed E-state index contributed by atoms with van der Waals surface area (Å²) in [6.45, 7) is 8.31. The Hall–Kier alpha value is -1.80. The molecule has 0 saturated carbocycles. The zero-order valence-electron chi connectivity index (χ0n) is 13.9. The lowest BCUT2D eigenvalue weighted by molar-refractivity contribution is -0.137. The van der Waals surface area contributed by atoms with E-state index in [2.05, 4.69) is 22.9 Å². The zero-order valence-corrected chi connectivity index (χ0v) is 13.9. The van der Waals surface area contributed by atoms with Crippen molar-refractivity contribution in [1.82, 2.24) is 10.2 Å². The van der Waals surface area contributed by atoms with E-state index in [1.165, 1.54) is 12.1 Å². The van der Waals surface area contributed by atoms with Gasteiger partial charge in [-0.3, -0.25) is 9.69 Å². The molecule has 136 valence electrons. The number of carbonyl (C=O) groups excluding carboxylic acids is 1. The van der Waals surface area contributed by atoms with Crippen LogP contribution in [0.4, 0.5) is 18.9 Å². The number of carbonyl (C=O) groups is 1. The van der Waals surface area contributed by atoms with Crippen LogP contribution < -0.4 is 16.0 Å². The number of primary amides is 1. The number of nitrogens with zero attached hydrogens (tertiary/aromatic N) is 2. The Morgan fingerprint density at radius 2 is 1.88 bits per heavy atom. The first kappa shape index (κ1) is 20.2. The number of piperazine rings is 1. The number of rotatable bonds is 5. The smallest absolute Gasteiger partial charge is 0.372 e. The van der Waals surface area contributed by atoms with Crippen molar-refractivity contribution in [1.29, 1.82) is 0 Å². The molecule has 0 radical (unpaired) electrons. The van der Waals surface area contributed by atoms with Crippen molar-refractivity contribution in [2.45, 2.75) is 13.1 Å². The molecular weight excluding hydrogens is 321 g/mol. The molecule has 0 spiro atoms. The molecule has 1 heterocycles. The Balaban J connectivity index is 0.000000891. The van der Waals surface area contributed by atoms with Crippen molar-refractivity contribution in [2.24, 2.45) is 5.73 Å². The van der Waals surface area contributed by atoms with Gasteiger partial charge in [0.2, 0.25) is 6.41 Å². The predicted octanol–water partition coefficient (Wildman–Crippen LogP) is 1.54. The topological polar surface area (TPSA) is 61.6 Å². The minimum atomic E-state index is -4.27. The molecule has 3 N–H and O–H groups in total. The van der Waals surface area contributed by atoms with Crippen LogP contribution in [0.25, 0.3) is 0 Å². The summed E-state index contributed by atoms with van der Waals surface area (Å²) in [4.78, 5) is 13.0. The lowest BCUT2D eigenvalue weighted by atomic mass is 10.1. The second-order valence-corrected chi connectivity index (χ2v) is 5.37. The quantitative estimate of drug-likeness (QED) is 0.627. The van der Waals surface area contributed by atoms with Gasteiger partial charge < -0.3 is 16.0 Å². The molecule has 0 aromatic heterocycles. The maximum Gasteiger partial charge on any atom is 0.416 e. The summed E-state index contributed by atoms with van der Waals surface area (Å²) >= 11 is 0. The van der Waals surface area contributed by atoms with E-state index in [9.17, 15) is 13.2 Å². The van der Waals surface area contributed by atoms with Gasteiger partial charge in [-0.1, -0.05) is 13.0 Å². The van der Waals surface area contributed by atoms with Crippen LogP contribution in [-0.2, 0) is 11.0 Å². The largest absolute Gasteiger partial charge is 0.416 e. The number of amides is 1. The zero-order chi connectivity index (χ0) is 18.0. The predicted molar refractivity (Wildman–Crippen MR) is 88.9 cm³/mol. The molecule has 0 atom stereocenters. The van der Waals surface area contributed by atoms with Crippen LogP contribution in [0.1, 0.15) is 12.5 Å². The standard InChI is InChI=1S/C15H22F3N3.CH3NO/c1-2-19-6-7-20-8-10-21(11-9-20)14-5-3-4-13(12-14)15(16,17)18;2-1-3/h3-5,12,19H,2,6-11H2,1H3;1H,(H2,2,3). The molecule has 1 aromatic rings. The lowest BCUT2D eigenvalue weighted by Gasteiger charge is -2.36. The Labute approximate surface area is 140 Å². The van der Waals surface area contributed by atoms with Gasteiger partial charge in [0, 0.05) is 45.0 Å². The highest BCUT2D eigenvalue weighted by molar-refractivity contribution is 5.49. The number of anilines is 1. The van der Waals surface area contributed by atoms with Crippen molar-refractivity contribution in [3.05, 3.63) is 29.8 Å². The summed E-state index contributed by atoms with van der Waals surface area (Å²) in [6, 6.07) is 5.60. The lowest BCUT2D eigenvalue weighted by Crippen LogP contribution is -2.48. The van der Waals surface area contributed by atoms with Gasteiger partial charge in [-0.05, 0) is 24.7 Å². The molecule has 1 aliphatic heterocycles. The third-order valence-corrected chi connectivity index (χ3v) is 3.77. The second-order valence-electron chi connectivity index (χ2n) is 5.37. The van der Waals surface area contributed by atoms with Gasteiger partial charge in [0.05, 0.1) is 5.56 Å². The van der Waals surface area contributed by atoms with Gasteiger partial charge in [0.1, 0.15) is 0 Å². The number of halogens is 3. The van der Waals surface area contributed by atoms with E-state index in [-0.39, 0.29) is 6.41 Å². The maximum absolute atomic E-state index is 12.7. The van der Waals surface area contributed by atoms with Crippen molar-refractivity contribution in [2.75, 3.05) is 50.7 Å². The van der Waals surface area contributed by atoms with E-state index >= 15 is 0 Å². The first-order chi connectivity index (χ1) is 11.4. The summed E-state index contributed by atoms with van der Waals surface area (Å²) in [5.41, 5.74) is 4.26. The molecule has 2 rings (SSSR count). The van der Waals surface area contributed by atoms with Crippen LogP contribution in [0.5, 0.6) is 0 Å². The van der Waals surface area contributed by atoms with Gasteiger partial charge in [-0.2, -0.15) is 13.2 Å². The summed E-state index contributed by atoms with van der Waals surface area (Å²) in [7, 11) is 0. The number of hydrogen-bond donors (Lipinski definition) is 2. The van der Waals surface area contributed by atoms with Crippen LogP contribution >= 0.6 is 0 Å². The Kier molecular flexibility index (Phi) is 8.56. The normalized spacial score (nSPS) is 15.6. The van der Waals surface area contributed by atoms with Gasteiger partial charge in [0.15, 0.2) is 0 Å². The van der Waals surface area contributed by atoms with Crippen LogP contribution in [0.3, 0.4) is 0 Å². The third kappa shape index (κ3) is 6.76. The van der Waals surface area contributed by atoms with Crippen LogP contribution in [0.15, 0.2) is 24.3 Å². The number of benzene rings is 1. The number of nitrogens with one attached hydrogen (secondary N) is 1. The molecule has 1 aromatic carbocycles. The minimum Gasteiger partial charge on any atom is -0.372 e. The molecule has 1 fully saturated rings. The minimum absolute atomic E-state index is 0.250. The molecule has 1 saturated heterocycles. The Bertz CT molecular complexity index is 488. The molecule has 0 bridgehead atoms. The molecule has 1 amide bonds. The molecule has 1 aliphatic rings. The molecule has 5 nitrogen and oxygen atoms in total. The van der Waals surface area contributed by atoms with E-state index < -0.39 is 11.7 Å². The van der Waals surface area contributed by atoms with Gasteiger partial charge >= 0.3 is 6.18 Å². The van der Waals surface area contributed by atoms with Gasteiger partial charge in [-0.15, -0.1) is 0 Å². The molecule has 0 unspecified atom stereocenters. The van der Waals surface area contributed by atoms with Crippen molar-refractivity contribution >= 4 is 12.1 Å². The summed E-state index contributed by atoms with van der Waals surface area (Å²) < 4.78 is 38.2. The maximum atomic E-state index is 12.7. The monoisotopic (exact) mass is 346 g/mol. The van der Waals surface area contributed by atoms with Crippen molar-refractivity contribution in [3.63, 3.8) is 0 Å². The average Bonchev–Trinajstić information content (AvgIpc) is 2.56. The molecular formula is C16H25F3N4O. The van der Waals surface area contributed by atoms with Crippen molar-refractivity contribution in [3.8, 4) is 0 Å². The van der Waals surface area contributed by atoms with Crippen LogP contribution in [0.2, 0.25) is 0 Å². The number of alkyl halides is 3. The van der Waals surface area contributed by atoms with E-state index in [4.69, 9.17) is 4.79 Å². The summed E-state index contributed by atoms with van der Waals surface area (Å²) in [6.07, 6.45) is -4.02. The number of likely N-dealkylation sites (N-methyl/N-ethyl adjacent to an activating group) is 1. The molecule has 0 aliphatic carbocycles. The SMILES string of the molecule is CCNCCN1CCN(c2cccc(C(F)(F)F)c2)CC1.NC=O. The van der Waals surface area contributed by atoms with Crippen LogP contribution in [-0.4, -0.2) is 57.1 Å². The number of nitrogens with two attached hydrogens (primary N) is 1. The fraction of sp³-hybridized carbons (Fsp3) is 0.562. The first-order valence-corrected chi connectivity index (χ1v) is 7.93. The Morgan fingerprint density at radius 1 is 1.25 bits per heavy atom. The third-order valence-electron chi connectivity index (χ3n) is 3.77. The van der Waals surface area contributed by atoms with Crippen molar-refractivity contribution < 1.29 is 18.0 Å². The van der Waals surface area contributed by atoms with E-state index in [1.807, 2.05) is 4.90 Å². The Morgan fingerprint density at radius 3 is 2.42 bits per heavy atom. The van der Waals surface area contributed by atoms with Gasteiger partial charge in [-0.25, -0.2) is 0 Å². The average molecular weight is 346 g/mol.